The molecule has 1 amide bonds. The first-order chi connectivity index (χ1) is 10.4. The van der Waals surface area contributed by atoms with Gasteiger partial charge in [0.2, 0.25) is 5.91 Å². The Bertz CT molecular complexity index is 541. The van der Waals surface area contributed by atoms with Crippen molar-refractivity contribution in [2.75, 3.05) is 6.54 Å². The van der Waals surface area contributed by atoms with E-state index in [4.69, 9.17) is 5.73 Å². The Morgan fingerprint density at radius 2 is 2.13 bits per heavy atom. The number of halogens is 3. The molecule has 1 aromatic carbocycles. The summed E-state index contributed by atoms with van der Waals surface area (Å²) in [6.07, 6.45) is 2.96. The number of carbonyl (C=O) groups is 1. The molecule has 0 aliphatic heterocycles. The van der Waals surface area contributed by atoms with Gasteiger partial charge in [-0.3, -0.25) is 4.79 Å². The molecule has 23 heavy (non-hydrogen) atoms. The number of rotatable bonds is 5. The average molecular weight is 408 g/mol. The molecule has 0 unspecified atom stereocenters. The van der Waals surface area contributed by atoms with Gasteiger partial charge in [-0.15, -0.1) is 12.4 Å². The fourth-order valence-corrected chi connectivity index (χ4v) is 3.63. The maximum absolute atomic E-state index is 14.0. The van der Waals surface area contributed by atoms with Crippen molar-refractivity contribution in [2.24, 2.45) is 17.6 Å². The summed E-state index contributed by atoms with van der Waals surface area (Å²) in [5.41, 5.74) is 6.34. The molecule has 1 aliphatic rings. The Morgan fingerprint density at radius 3 is 2.74 bits per heavy atom. The largest absolute Gasteiger partial charge is 0.336 e. The topological polar surface area (TPSA) is 46.3 Å². The van der Waals surface area contributed by atoms with E-state index in [-0.39, 0.29) is 42.0 Å². The predicted molar refractivity (Wildman–Crippen MR) is 96.9 cm³/mol. The highest BCUT2D eigenvalue weighted by Crippen LogP contribution is 2.33. The normalized spacial score (nSPS) is 20.4. The molecule has 0 heterocycles. The van der Waals surface area contributed by atoms with Gasteiger partial charge in [-0.2, -0.15) is 0 Å². The number of amides is 1. The Kier molecular flexibility index (Phi) is 7.98. The van der Waals surface area contributed by atoms with Gasteiger partial charge in [0, 0.05) is 28.5 Å². The van der Waals surface area contributed by atoms with E-state index < -0.39 is 0 Å². The van der Waals surface area contributed by atoms with E-state index in [1.165, 1.54) is 6.07 Å². The second-order valence-corrected chi connectivity index (χ2v) is 7.24. The van der Waals surface area contributed by atoms with Crippen LogP contribution in [-0.2, 0) is 11.3 Å². The molecule has 1 saturated carbocycles. The lowest BCUT2D eigenvalue weighted by Gasteiger charge is -2.31. The molecule has 3 nitrogen and oxygen atoms in total. The fraction of sp³-hybridized carbons (Fsp3) is 0.588. The summed E-state index contributed by atoms with van der Waals surface area (Å²) in [6.45, 7) is 4.80. The zero-order valence-corrected chi connectivity index (χ0v) is 16.0. The van der Waals surface area contributed by atoms with Crippen LogP contribution in [0.2, 0.25) is 0 Å². The number of benzene rings is 1. The highest BCUT2D eigenvalue weighted by atomic mass is 79.9. The smallest absolute Gasteiger partial charge is 0.226 e. The zero-order valence-electron chi connectivity index (χ0n) is 13.6. The molecule has 2 rings (SSSR count). The molecular formula is C17H25BrClFN2O. The lowest BCUT2D eigenvalue weighted by atomic mass is 9.94. The van der Waals surface area contributed by atoms with Crippen LogP contribution in [0.15, 0.2) is 22.7 Å². The van der Waals surface area contributed by atoms with E-state index in [1.807, 2.05) is 13.8 Å². The van der Waals surface area contributed by atoms with Crippen molar-refractivity contribution in [2.45, 2.75) is 45.7 Å². The second-order valence-electron chi connectivity index (χ2n) is 6.33. The Labute approximate surface area is 152 Å². The summed E-state index contributed by atoms with van der Waals surface area (Å²) in [5.74, 6) is 0.0921. The van der Waals surface area contributed by atoms with Crippen LogP contribution in [0.4, 0.5) is 4.39 Å². The molecule has 1 aliphatic carbocycles. The van der Waals surface area contributed by atoms with Gasteiger partial charge in [0.15, 0.2) is 0 Å². The second kappa shape index (κ2) is 9.00. The minimum Gasteiger partial charge on any atom is -0.336 e. The lowest BCUT2D eigenvalue weighted by Crippen LogP contribution is -2.42. The van der Waals surface area contributed by atoms with E-state index in [2.05, 4.69) is 15.9 Å². The van der Waals surface area contributed by atoms with Crippen molar-refractivity contribution in [1.29, 1.82) is 0 Å². The Balaban J connectivity index is 0.00000264. The SMILES string of the molecule is CC(C)N(Cc1cc(Br)ccc1F)C(=O)[C@@H]1CCC[C@@H]1CN.Cl. The fourth-order valence-electron chi connectivity index (χ4n) is 3.22. The van der Waals surface area contributed by atoms with E-state index in [0.717, 1.165) is 23.7 Å². The van der Waals surface area contributed by atoms with Crippen LogP contribution in [0.1, 0.15) is 38.7 Å². The van der Waals surface area contributed by atoms with Crippen molar-refractivity contribution >= 4 is 34.2 Å². The number of nitrogens with two attached hydrogens (primary N) is 1. The van der Waals surface area contributed by atoms with Gasteiger partial charge in [-0.05, 0) is 57.4 Å². The van der Waals surface area contributed by atoms with E-state index in [9.17, 15) is 9.18 Å². The van der Waals surface area contributed by atoms with Gasteiger partial charge in [-0.25, -0.2) is 4.39 Å². The van der Waals surface area contributed by atoms with Crippen molar-refractivity contribution < 1.29 is 9.18 Å². The standard InChI is InChI=1S/C17H24BrFN2O.ClH/c1-11(2)21(10-13-8-14(18)6-7-16(13)19)17(22)15-5-3-4-12(15)9-20;/h6-8,11-12,15H,3-5,9-10,20H2,1-2H3;1H/t12-,15-;/m1./s1. The van der Waals surface area contributed by atoms with Crippen LogP contribution in [0.5, 0.6) is 0 Å². The highest BCUT2D eigenvalue weighted by Gasteiger charge is 2.35. The molecule has 0 bridgehead atoms. The number of hydrogen-bond donors (Lipinski definition) is 1. The Hall–Kier alpha value is -0.650. The number of hydrogen-bond acceptors (Lipinski definition) is 2. The lowest BCUT2D eigenvalue weighted by molar-refractivity contribution is -0.139. The minimum atomic E-state index is -0.275. The molecule has 0 aromatic heterocycles. The molecule has 2 N–H and O–H groups in total. The summed E-state index contributed by atoms with van der Waals surface area (Å²) in [5, 5.41) is 0. The predicted octanol–water partition coefficient (Wildman–Crippen LogP) is 4.12. The van der Waals surface area contributed by atoms with Crippen LogP contribution < -0.4 is 5.73 Å². The van der Waals surface area contributed by atoms with E-state index in [1.54, 1.807) is 17.0 Å². The first kappa shape index (κ1) is 20.4. The molecule has 1 aromatic rings. The molecule has 130 valence electrons. The first-order valence-corrected chi connectivity index (χ1v) is 8.67. The number of nitrogens with zero attached hydrogens (tertiary/aromatic N) is 1. The van der Waals surface area contributed by atoms with Gasteiger partial charge in [-0.1, -0.05) is 22.4 Å². The summed E-state index contributed by atoms with van der Waals surface area (Å²) in [7, 11) is 0. The average Bonchev–Trinajstić information content (AvgIpc) is 2.95. The first-order valence-electron chi connectivity index (χ1n) is 7.88. The van der Waals surface area contributed by atoms with Crippen LogP contribution in [0.3, 0.4) is 0 Å². The number of carbonyl (C=O) groups excluding carboxylic acids is 1. The summed E-state index contributed by atoms with van der Waals surface area (Å²) < 4.78 is 14.8. The van der Waals surface area contributed by atoms with Gasteiger partial charge < -0.3 is 10.6 Å². The maximum atomic E-state index is 14.0. The van der Waals surface area contributed by atoms with E-state index in [0.29, 0.717) is 18.7 Å². The van der Waals surface area contributed by atoms with Crippen molar-refractivity contribution in [3.8, 4) is 0 Å². The van der Waals surface area contributed by atoms with Crippen molar-refractivity contribution in [3.05, 3.63) is 34.1 Å². The molecule has 6 heteroatoms. The van der Waals surface area contributed by atoms with Crippen LogP contribution >= 0.6 is 28.3 Å². The highest BCUT2D eigenvalue weighted by molar-refractivity contribution is 9.10. The monoisotopic (exact) mass is 406 g/mol. The third-order valence-electron chi connectivity index (χ3n) is 4.53. The van der Waals surface area contributed by atoms with Crippen molar-refractivity contribution in [1.82, 2.24) is 4.90 Å². The third-order valence-corrected chi connectivity index (χ3v) is 5.03. The van der Waals surface area contributed by atoms with Gasteiger partial charge in [0.05, 0.1) is 0 Å². The molecule has 0 radical (unpaired) electrons. The van der Waals surface area contributed by atoms with Crippen LogP contribution in [-0.4, -0.2) is 23.4 Å². The maximum Gasteiger partial charge on any atom is 0.226 e. The van der Waals surface area contributed by atoms with Gasteiger partial charge >= 0.3 is 0 Å². The van der Waals surface area contributed by atoms with Gasteiger partial charge in [0.25, 0.3) is 0 Å². The molecule has 2 atom stereocenters. The quantitative estimate of drug-likeness (QED) is 0.798. The van der Waals surface area contributed by atoms with Crippen molar-refractivity contribution in [3.63, 3.8) is 0 Å². The zero-order chi connectivity index (χ0) is 16.3. The molecule has 0 spiro atoms. The van der Waals surface area contributed by atoms with Crippen LogP contribution in [0.25, 0.3) is 0 Å². The molecular weight excluding hydrogens is 383 g/mol. The molecule has 1 fully saturated rings. The third kappa shape index (κ3) is 4.91. The minimum absolute atomic E-state index is 0. The Morgan fingerprint density at radius 1 is 1.43 bits per heavy atom. The summed E-state index contributed by atoms with van der Waals surface area (Å²) >= 11 is 3.36. The van der Waals surface area contributed by atoms with E-state index >= 15 is 0 Å². The summed E-state index contributed by atoms with van der Waals surface area (Å²) in [6, 6.07) is 4.88. The van der Waals surface area contributed by atoms with Gasteiger partial charge in [0.1, 0.15) is 5.82 Å². The summed E-state index contributed by atoms with van der Waals surface area (Å²) in [4.78, 5) is 14.7. The van der Waals surface area contributed by atoms with Crippen LogP contribution in [0, 0.1) is 17.7 Å². The molecule has 0 saturated heterocycles.